The lowest BCUT2D eigenvalue weighted by atomic mass is 10.1. The summed E-state index contributed by atoms with van der Waals surface area (Å²) in [5.74, 6) is -0.556. The maximum absolute atomic E-state index is 12.1. The zero-order valence-corrected chi connectivity index (χ0v) is 13.4. The second-order valence-electron chi connectivity index (χ2n) is 5.36. The van der Waals surface area contributed by atoms with Crippen LogP contribution in [0.25, 0.3) is 0 Å². The van der Waals surface area contributed by atoms with Gasteiger partial charge in [-0.25, -0.2) is 4.79 Å². The maximum Gasteiger partial charge on any atom is 0.340 e. The minimum Gasteiger partial charge on any atom is -0.465 e. The van der Waals surface area contributed by atoms with Gasteiger partial charge in [-0.15, -0.1) is 0 Å². The molecule has 0 saturated carbocycles. The number of nitro benzene ring substituents is 1. The third kappa shape index (κ3) is 2.92. The summed E-state index contributed by atoms with van der Waals surface area (Å²) in [4.78, 5) is 24.7. The highest BCUT2D eigenvalue weighted by atomic mass is 32.1. The highest BCUT2D eigenvalue weighted by Gasteiger charge is 2.30. The number of rotatable bonds is 4. The lowest BCUT2D eigenvalue weighted by Crippen LogP contribution is -2.24. The molecule has 1 aliphatic heterocycles. The third-order valence-corrected chi connectivity index (χ3v) is 4.79. The number of carbonyl (C=O) groups excluding carboxylic acids is 1. The van der Waals surface area contributed by atoms with Crippen LogP contribution in [-0.4, -0.2) is 24.5 Å². The Labute approximate surface area is 137 Å². The number of hydrogen-bond donors (Lipinski definition) is 0. The molecule has 2 aromatic rings. The van der Waals surface area contributed by atoms with Crippen LogP contribution in [0.1, 0.15) is 34.8 Å². The van der Waals surface area contributed by atoms with E-state index in [9.17, 15) is 14.9 Å². The van der Waals surface area contributed by atoms with Gasteiger partial charge in [-0.2, -0.15) is 11.3 Å². The molecule has 1 atom stereocenters. The number of non-ortho nitro benzene ring substituents is 1. The van der Waals surface area contributed by atoms with E-state index in [1.54, 1.807) is 17.4 Å². The average molecular weight is 332 g/mol. The zero-order valence-electron chi connectivity index (χ0n) is 12.6. The van der Waals surface area contributed by atoms with Crippen LogP contribution in [0.15, 0.2) is 35.0 Å². The van der Waals surface area contributed by atoms with Gasteiger partial charge in [0.25, 0.3) is 5.69 Å². The predicted octanol–water partition coefficient (Wildman–Crippen LogP) is 3.78. The number of thiophene rings is 1. The lowest BCUT2D eigenvalue weighted by molar-refractivity contribution is -0.384. The van der Waals surface area contributed by atoms with Crippen molar-refractivity contribution in [3.05, 3.63) is 56.3 Å². The Bertz CT molecular complexity index is 730. The van der Waals surface area contributed by atoms with Gasteiger partial charge in [0.15, 0.2) is 0 Å². The number of anilines is 1. The van der Waals surface area contributed by atoms with E-state index in [1.165, 1.54) is 24.8 Å². The van der Waals surface area contributed by atoms with Crippen molar-refractivity contribution in [3.8, 4) is 0 Å². The molecule has 7 heteroatoms. The van der Waals surface area contributed by atoms with E-state index in [-0.39, 0.29) is 17.3 Å². The molecule has 1 saturated heterocycles. The van der Waals surface area contributed by atoms with Gasteiger partial charge < -0.3 is 9.64 Å². The van der Waals surface area contributed by atoms with Crippen LogP contribution < -0.4 is 4.90 Å². The molecule has 120 valence electrons. The van der Waals surface area contributed by atoms with Gasteiger partial charge in [-0.3, -0.25) is 10.1 Å². The van der Waals surface area contributed by atoms with E-state index in [0.717, 1.165) is 19.4 Å². The number of carbonyl (C=O) groups is 1. The van der Waals surface area contributed by atoms with Crippen molar-refractivity contribution in [2.45, 2.75) is 18.9 Å². The van der Waals surface area contributed by atoms with Gasteiger partial charge in [0.1, 0.15) is 0 Å². The Morgan fingerprint density at radius 1 is 1.43 bits per heavy atom. The maximum atomic E-state index is 12.1. The standard InChI is InChI=1S/C16H16N2O4S/c1-22-16(19)13-9-12(18(20)21)4-5-15(13)17-7-2-3-14(17)11-6-8-23-10-11/h4-6,8-10,14H,2-3,7H2,1H3/t14-/m0/s1. The minimum absolute atomic E-state index is 0.111. The molecular weight excluding hydrogens is 316 g/mol. The van der Waals surface area contributed by atoms with Crippen molar-refractivity contribution in [1.82, 2.24) is 0 Å². The Kier molecular flexibility index (Phi) is 4.29. The molecule has 1 fully saturated rings. The van der Waals surface area contributed by atoms with Gasteiger partial charge in [-0.05, 0) is 41.3 Å². The smallest absolute Gasteiger partial charge is 0.340 e. The first kappa shape index (κ1) is 15.5. The van der Waals surface area contributed by atoms with E-state index in [4.69, 9.17) is 4.74 Å². The first-order valence-electron chi connectivity index (χ1n) is 7.27. The fraction of sp³-hybridized carbons (Fsp3) is 0.312. The summed E-state index contributed by atoms with van der Waals surface area (Å²) in [6, 6.07) is 6.65. The van der Waals surface area contributed by atoms with Crippen molar-refractivity contribution in [2.24, 2.45) is 0 Å². The van der Waals surface area contributed by atoms with Crippen molar-refractivity contribution in [3.63, 3.8) is 0 Å². The van der Waals surface area contributed by atoms with Crippen molar-refractivity contribution in [1.29, 1.82) is 0 Å². The first-order valence-corrected chi connectivity index (χ1v) is 8.21. The van der Waals surface area contributed by atoms with Crippen molar-refractivity contribution in [2.75, 3.05) is 18.6 Å². The number of methoxy groups -OCH3 is 1. The molecule has 0 aliphatic carbocycles. The third-order valence-electron chi connectivity index (χ3n) is 4.09. The molecule has 6 nitrogen and oxygen atoms in total. The Morgan fingerprint density at radius 2 is 2.26 bits per heavy atom. The predicted molar refractivity (Wildman–Crippen MR) is 88.1 cm³/mol. The highest BCUT2D eigenvalue weighted by molar-refractivity contribution is 7.08. The SMILES string of the molecule is COC(=O)c1cc([N+](=O)[O-])ccc1N1CCC[C@H]1c1ccsc1. The Balaban J connectivity index is 2.04. The molecule has 0 N–H and O–H groups in total. The van der Waals surface area contributed by atoms with E-state index in [2.05, 4.69) is 16.3 Å². The molecule has 0 radical (unpaired) electrons. The molecule has 3 rings (SSSR count). The molecule has 0 unspecified atom stereocenters. The molecule has 1 aliphatic rings. The van der Waals surface area contributed by atoms with E-state index in [0.29, 0.717) is 5.69 Å². The molecule has 0 bridgehead atoms. The summed E-state index contributed by atoms with van der Waals surface area (Å²) in [6.45, 7) is 0.808. The Hall–Kier alpha value is -2.41. The molecule has 0 spiro atoms. The van der Waals surface area contributed by atoms with E-state index in [1.807, 2.05) is 5.38 Å². The second kappa shape index (κ2) is 6.37. The van der Waals surface area contributed by atoms with Crippen LogP contribution in [0, 0.1) is 10.1 Å². The fourth-order valence-corrected chi connectivity index (χ4v) is 3.73. The van der Waals surface area contributed by atoms with Crippen LogP contribution in [0.5, 0.6) is 0 Å². The van der Waals surface area contributed by atoms with Crippen molar-refractivity contribution >= 4 is 28.7 Å². The van der Waals surface area contributed by atoms with Gasteiger partial charge in [0.05, 0.1) is 29.3 Å². The van der Waals surface area contributed by atoms with Crippen LogP contribution in [0.3, 0.4) is 0 Å². The van der Waals surface area contributed by atoms with E-state index < -0.39 is 10.9 Å². The second-order valence-corrected chi connectivity index (χ2v) is 6.14. The number of benzene rings is 1. The number of nitrogens with zero attached hydrogens (tertiary/aromatic N) is 2. The molecule has 0 amide bonds. The summed E-state index contributed by atoms with van der Waals surface area (Å²) in [5.41, 5.74) is 2.03. The number of ether oxygens (including phenoxy) is 1. The zero-order chi connectivity index (χ0) is 16.4. The quantitative estimate of drug-likeness (QED) is 0.484. The number of esters is 1. The molecule has 1 aromatic heterocycles. The first-order chi connectivity index (χ1) is 11.1. The van der Waals surface area contributed by atoms with Crippen LogP contribution in [-0.2, 0) is 4.74 Å². The van der Waals surface area contributed by atoms with Gasteiger partial charge in [0.2, 0.25) is 0 Å². The summed E-state index contributed by atoms with van der Waals surface area (Å²) >= 11 is 1.64. The van der Waals surface area contributed by atoms with Crippen LogP contribution in [0.2, 0.25) is 0 Å². The summed E-state index contributed by atoms with van der Waals surface area (Å²) < 4.78 is 4.81. The van der Waals surface area contributed by atoms with Gasteiger partial charge in [0, 0.05) is 18.7 Å². The molecule has 23 heavy (non-hydrogen) atoms. The fourth-order valence-electron chi connectivity index (χ4n) is 3.03. The van der Waals surface area contributed by atoms with E-state index >= 15 is 0 Å². The highest BCUT2D eigenvalue weighted by Crippen LogP contribution is 2.39. The molecule has 1 aromatic carbocycles. The average Bonchev–Trinajstić information content (AvgIpc) is 3.23. The number of nitro groups is 1. The molecule has 2 heterocycles. The lowest BCUT2D eigenvalue weighted by Gasteiger charge is -2.28. The summed E-state index contributed by atoms with van der Waals surface area (Å²) in [7, 11) is 1.28. The largest absolute Gasteiger partial charge is 0.465 e. The van der Waals surface area contributed by atoms with Gasteiger partial charge >= 0.3 is 5.97 Å². The van der Waals surface area contributed by atoms with Crippen LogP contribution >= 0.6 is 11.3 Å². The normalized spacial score (nSPS) is 17.3. The van der Waals surface area contributed by atoms with Gasteiger partial charge in [-0.1, -0.05) is 0 Å². The Morgan fingerprint density at radius 3 is 2.91 bits per heavy atom. The summed E-state index contributed by atoms with van der Waals surface area (Å²) in [6.07, 6.45) is 2.01. The topological polar surface area (TPSA) is 72.7 Å². The molecular formula is C16H16N2O4S. The summed E-state index contributed by atoms with van der Waals surface area (Å²) in [5, 5.41) is 15.1. The van der Waals surface area contributed by atoms with Crippen LogP contribution in [0.4, 0.5) is 11.4 Å². The minimum atomic E-state index is -0.556. The number of hydrogen-bond acceptors (Lipinski definition) is 6. The monoisotopic (exact) mass is 332 g/mol. The van der Waals surface area contributed by atoms with Crippen molar-refractivity contribution < 1.29 is 14.5 Å².